The predicted octanol–water partition coefficient (Wildman–Crippen LogP) is 1.40. The molecule has 0 amide bonds. The van der Waals surface area contributed by atoms with Gasteiger partial charge in [-0.3, -0.25) is 4.98 Å². The number of benzene rings is 1. The number of hydrogen-bond donors (Lipinski definition) is 2. The molecule has 0 aliphatic carbocycles. The first-order chi connectivity index (χ1) is 13.0. The summed E-state index contributed by atoms with van der Waals surface area (Å²) in [7, 11) is -2.57. The Kier molecular flexibility index (Phi) is 4.40. The van der Waals surface area contributed by atoms with Gasteiger partial charge in [-0.15, -0.1) is 0 Å². The van der Waals surface area contributed by atoms with Crippen molar-refractivity contribution >= 4 is 26.7 Å². The van der Waals surface area contributed by atoms with E-state index in [0.29, 0.717) is 11.0 Å². The number of nitrogens with zero attached hydrogens (tertiary/aromatic N) is 3. The molecule has 1 aliphatic heterocycles. The zero-order valence-corrected chi connectivity index (χ0v) is 15.6. The Hall–Kier alpha value is -2.78. The summed E-state index contributed by atoms with van der Waals surface area (Å²) in [5.41, 5.74) is 1.93. The zero-order valence-electron chi connectivity index (χ0n) is 14.8. The van der Waals surface area contributed by atoms with Gasteiger partial charge in [0.1, 0.15) is 21.9 Å². The number of ether oxygens (including phenoxy) is 1. The van der Waals surface area contributed by atoms with Crippen LogP contribution in [0.5, 0.6) is 11.5 Å². The maximum absolute atomic E-state index is 13.4. The van der Waals surface area contributed by atoms with Crippen LogP contribution in [0.25, 0.3) is 11.0 Å². The van der Waals surface area contributed by atoms with E-state index in [0.717, 1.165) is 31.9 Å². The van der Waals surface area contributed by atoms with Crippen LogP contribution in [0, 0.1) is 0 Å². The Morgan fingerprint density at radius 3 is 2.74 bits per heavy atom. The summed E-state index contributed by atoms with van der Waals surface area (Å²) in [4.78, 5) is 6.54. The number of pyridine rings is 1. The minimum absolute atomic E-state index is 0.0181. The molecule has 0 atom stereocenters. The van der Waals surface area contributed by atoms with Gasteiger partial charge in [-0.2, -0.15) is 0 Å². The number of anilines is 1. The topological polar surface area (TPSA) is 96.7 Å². The third-order valence-corrected chi connectivity index (χ3v) is 6.36. The van der Waals surface area contributed by atoms with E-state index in [-0.39, 0.29) is 16.4 Å². The molecule has 3 aromatic rings. The van der Waals surface area contributed by atoms with Crippen molar-refractivity contribution in [3.8, 4) is 11.5 Å². The first-order valence-electron chi connectivity index (χ1n) is 8.56. The monoisotopic (exact) mass is 388 g/mol. The number of aromatic hydroxyl groups is 1. The summed E-state index contributed by atoms with van der Waals surface area (Å²) in [5.74, 6) is 0.0239. The molecule has 3 heterocycles. The van der Waals surface area contributed by atoms with Gasteiger partial charge < -0.3 is 20.1 Å². The Balaban J connectivity index is 1.91. The summed E-state index contributed by atoms with van der Waals surface area (Å²) in [5, 5.41) is 12.9. The lowest BCUT2D eigenvalue weighted by Crippen LogP contribution is -2.43. The first kappa shape index (κ1) is 17.6. The van der Waals surface area contributed by atoms with Gasteiger partial charge in [0.05, 0.1) is 18.3 Å². The van der Waals surface area contributed by atoms with Gasteiger partial charge >= 0.3 is 0 Å². The summed E-state index contributed by atoms with van der Waals surface area (Å²) in [6.45, 7) is 3.21. The quantitative estimate of drug-likeness (QED) is 0.697. The maximum Gasteiger partial charge on any atom is 0.271 e. The molecule has 0 spiro atoms. The highest BCUT2D eigenvalue weighted by atomic mass is 32.2. The van der Waals surface area contributed by atoms with Gasteiger partial charge in [0, 0.05) is 44.6 Å². The van der Waals surface area contributed by atoms with Crippen molar-refractivity contribution in [3.63, 3.8) is 0 Å². The standard InChI is InChI=1S/C18H20N4O4S/c1-26-16-11-13(23)4-5-17(16)27(24,25)22-12-15(21-9-7-19-8-10-21)18-14(22)3-2-6-20-18/h2-6,11-12,19,23H,7-10H2,1H3. The van der Waals surface area contributed by atoms with Crippen molar-refractivity contribution < 1.29 is 18.3 Å². The molecule has 2 N–H and O–H groups in total. The smallest absolute Gasteiger partial charge is 0.271 e. The minimum Gasteiger partial charge on any atom is -0.508 e. The summed E-state index contributed by atoms with van der Waals surface area (Å²) in [6.07, 6.45) is 3.27. The Bertz CT molecular complexity index is 1090. The van der Waals surface area contributed by atoms with Gasteiger partial charge in [-0.05, 0) is 24.3 Å². The van der Waals surface area contributed by atoms with Gasteiger partial charge in [0.25, 0.3) is 10.0 Å². The van der Waals surface area contributed by atoms with Crippen LogP contribution in [-0.4, -0.2) is 55.8 Å². The summed E-state index contributed by atoms with van der Waals surface area (Å²) >= 11 is 0. The van der Waals surface area contributed by atoms with Crippen LogP contribution in [-0.2, 0) is 10.0 Å². The van der Waals surface area contributed by atoms with Crippen LogP contribution in [0.4, 0.5) is 5.69 Å². The highest BCUT2D eigenvalue weighted by molar-refractivity contribution is 7.90. The van der Waals surface area contributed by atoms with Crippen LogP contribution in [0.2, 0.25) is 0 Å². The fourth-order valence-electron chi connectivity index (χ4n) is 3.33. The average molecular weight is 388 g/mol. The van der Waals surface area contributed by atoms with Crippen LogP contribution in [0.1, 0.15) is 0 Å². The van der Waals surface area contributed by atoms with Crippen molar-refractivity contribution in [2.75, 3.05) is 38.2 Å². The molecule has 0 saturated carbocycles. The molecule has 9 heteroatoms. The minimum atomic E-state index is -3.94. The van der Waals surface area contributed by atoms with Crippen molar-refractivity contribution in [1.29, 1.82) is 0 Å². The van der Waals surface area contributed by atoms with E-state index in [9.17, 15) is 13.5 Å². The molecule has 1 fully saturated rings. The normalized spacial score (nSPS) is 15.2. The number of nitrogens with one attached hydrogen (secondary N) is 1. The van der Waals surface area contributed by atoms with Crippen molar-refractivity contribution in [2.45, 2.75) is 4.90 Å². The number of phenolic OH excluding ortho intramolecular Hbond substituents is 1. The van der Waals surface area contributed by atoms with Crippen LogP contribution in [0.3, 0.4) is 0 Å². The Morgan fingerprint density at radius 1 is 1.22 bits per heavy atom. The van der Waals surface area contributed by atoms with Crippen LogP contribution < -0.4 is 15.0 Å². The van der Waals surface area contributed by atoms with Crippen molar-refractivity contribution in [1.82, 2.24) is 14.3 Å². The first-order valence-corrected chi connectivity index (χ1v) is 10.0. The van der Waals surface area contributed by atoms with E-state index < -0.39 is 10.0 Å². The number of fused-ring (bicyclic) bond motifs is 1. The van der Waals surface area contributed by atoms with E-state index in [2.05, 4.69) is 15.2 Å². The third-order valence-electron chi connectivity index (χ3n) is 4.65. The molecule has 4 rings (SSSR count). The molecule has 1 aromatic carbocycles. The molecule has 8 nitrogen and oxygen atoms in total. The largest absolute Gasteiger partial charge is 0.508 e. The lowest BCUT2D eigenvalue weighted by Gasteiger charge is -2.28. The second kappa shape index (κ2) is 6.75. The third kappa shape index (κ3) is 2.98. The van der Waals surface area contributed by atoms with E-state index in [1.165, 1.54) is 29.3 Å². The molecule has 2 aromatic heterocycles. The van der Waals surface area contributed by atoms with E-state index in [4.69, 9.17) is 4.74 Å². The molecule has 27 heavy (non-hydrogen) atoms. The second-order valence-corrected chi connectivity index (χ2v) is 8.04. The van der Waals surface area contributed by atoms with Crippen LogP contribution >= 0.6 is 0 Å². The fraction of sp³-hybridized carbons (Fsp3) is 0.278. The molecule has 0 radical (unpaired) electrons. The van der Waals surface area contributed by atoms with E-state index >= 15 is 0 Å². The highest BCUT2D eigenvalue weighted by Crippen LogP contribution is 2.34. The fourth-order valence-corrected chi connectivity index (χ4v) is 4.82. The SMILES string of the molecule is COc1cc(O)ccc1S(=O)(=O)n1cc(N2CCNCC2)c2ncccc21. The molecule has 1 aliphatic rings. The van der Waals surface area contributed by atoms with Crippen molar-refractivity contribution in [2.24, 2.45) is 0 Å². The number of phenols is 1. The van der Waals surface area contributed by atoms with Crippen molar-refractivity contribution in [3.05, 3.63) is 42.7 Å². The summed E-state index contributed by atoms with van der Waals surface area (Å²) in [6, 6.07) is 7.41. The molecular weight excluding hydrogens is 368 g/mol. The van der Waals surface area contributed by atoms with Gasteiger partial charge in [-0.1, -0.05) is 0 Å². The Morgan fingerprint density at radius 2 is 2.00 bits per heavy atom. The summed E-state index contributed by atoms with van der Waals surface area (Å²) < 4.78 is 33.2. The molecule has 142 valence electrons. The molecular formula is C18H20N4O4S. The number of rotatable bonds is 4. The predicted molar refractivity (Wildman–Crippen MR) is 102 cm³/mol. The lowest BCUT2D eigenvalue weighted by molar-refractivity contribution is 0.396. The second-order valence-electron chi connectivity index (χ2n) is 6.26. The number of piperazine rings is 1. The van der Waals surface area contributed by atoms with Gasteiger partial charge in [0.2, 0.25) is 0 Å². The highest BCUT2D eigenvalue weighted by Gasteiger charge is 2.27. The molecule has 0 bridgehead atoms. The van der Waals surface area contributed by atoms with E-state index in [1.807, 2.05) is 0 Å². The molecule has 1 saturated heterocycles. The number of hydrogen-bond acceptors (Lipinski definition) is 7. The molecule has 0 unspecified atom stereocenters. The Labute approximate surface area is 157 Å². The van der Waals surface area contributed by atoms with Gasteiger partial charge in [-0.25, -0.2) is 12.4 Å². The van der Waals surface area contributed by atoms with Crippen LogP contribution in [0.15, 0.2) is 47.6 Å². The number of methoxy groups -OCH3 is 1. The zero-order chi connectivity index (χ0) is 19.0. The van der Waals surface area contributed by atoms with Gasteiger partial charge in [0.15, 0.2) is 0 Å². The average Bonchev–Trinajstić information content (AvgIpc) is 3.09. The lowest BCUT2D eigenvalue weighted by atomic mass is 10.3. The maximum atomic E-state index is 13.4. The van der Waals surface area contributed by atoms with E-state index in [1.54, 1.807) is 24.5 Å². The number of aromatic nitrogens is 2.